The summed E-state index contributed by atoms with van der Waals surface area (Å²) in [6, 6.07) is 14.3. The van der Waals surface area contributed by atoms with Gasteiger partial charge in [-0.2, -0.15) is 9.40 Å². The Labute approximate surface area is 200 Å². The van der Waals surface area contributed by atoms with Gasteiger partial charge in [-0.15, -0.1) is 0 Å². The minimum Gasteiger partial charge on any atom is -0.495 e. The fraction of sp³-hybridized carbons (Fsp3) is 0.360. The van der Waals surface area contributed by atoms with Crippen molar-refractivity contribution >= 4 is 15.9 Å². The van der Waals surface area contributed by atoms with Gasteiger partial charge in [0.1, 0.15) is 10.6 Å². The second kappa shape index (κ2) is 10.8. The minimum atomic E-state index is -3.76. The number of aromatic nitrogens is 2. The van der Waals surface area contributed by atoms with Gasteiger partial charge in [0.05, 0.1) is 13.7 Å². The van der Waals surface area contributed by atoms with Gasteiger partial charge >= 0.3 is 0 Å². The average Bonchev–Trinajstić information content (AvgIpc) is 3.20. The van der Waals surface area contributed by atoms with Crippen molar-refractivity contribution in [2.45, 2.75) is 43.7 Å². The third kappa shape index (κ3) is 5.66. The molecule has 0 radical (unpaired) electrons. The van der Waals surface area contributed by atoms with Crippen LogP contribution in [0, 0.1) is 0 Å². The maximum atomic E-state index is 13.3. The zero-order chi connectivity index (χ0) is 24.0. The van der Waals surface area contributed by atoms with E-state index in [1.807, 2.05) is 41.2 Å². The van der Waals surface area contributed by atoms with Gasteiger partial charge in [0.25, 0.3) is 5.91 Å². The van der Waals surface area contributed by atoms with Crippen LogP contribution in [0.15, 0.2) is 65.8 Å². The van der Waals surface area contributed by atoms with Crippen LogP contribution in [0.2, 0.25) is 0 Å². The Hall–Kier alpha value is -3.17. The number of carbonyl (C=O) groups excluding carboxylic acids is 1. The van der Waals surface area contributed by atoms with Crippen LogP contribution in [-0.4, -0.2) is 48.6 Å². The van der Waals surface area contributed by atoms with Gasteiger partial charge in [0.15, 0.2) is 0 Å². The first kappa shape index (κ1) is 24.0. The number of rotatable bonds is 8. The zero-order valence-electron chi connectivity index (χ0n) is 19.3. The third-order valence-corrected chi connectivity index (χ3v) is 7.88. The number of amides is 1. The molecular formula is C25H30N4O4S. The van der Waals surface area contributed by atoms with Crippen LogP contribution in [0.25, 0.3) is 0 Å². The van der Waals surface area contributed by atoms with E-state index < -0.39 is 10.0 Å². The van der Waals surface area contributed by atoms with Crippen molar-refractivity contribution in [2.75, 3.05) is 20.2 Å². The molecule has 180 valence electrons. The highest BCUT2D eigenvalue weighted by molar-refractivity contribution is 7.89. The average molecular weight is 483 g/mol. The number of nitrogens with zero attached hydrogens (tertiary/aromatic N) is 3. The molecule has 1 saturated heterocycles. The first-order valence-corrected chi connectivity index (χ1v) is 12.9. The molecule has 34 heavy (non-hydrogen) atoms. The van der Waals surface area contributed by atoms with Crippen molar-refractivity contribution in [3.63, 3.8) is 0 Å². The lowest BCUT2D eigenvalue weighted by atomic mass is 10.1. The second-order valence-corrected chi connectivity index (χ2v) is 10.3. The molecule has 0 spiro atoms. The van der Waals surface area contributed by atoms with Crippen LogP contribution < -0.4 is 10.1 Å². The van der Waals surface area contributed by atoms with Gasteiger partial charge in [0, 0.05) is 37.6 Å². The molecule has 0 aliphatic carbocycles. The van der Waals surface area contributed by atoms with Crippen LogP contribution in [0.4, 0.5) is 0 Å². The fourth-order valence-electron chi connectivity index (χ4n) is 4.14. The Balaban J connectivity index is 1.48. The van der Waals surface area contributed by atoms with Crippen molar-refractivity contribution in [3.8, 4) is 5.75 Å². The number of ether oxygens (including phenoxy) is 1. The van der Waals surface area contributed by atoms with Crippen LogP contribution in [0.1, 0.15) is 47.2 Å². The molecule has 1 N–H and O–H groups in total. The lowest BCUT2D eigenvalue weighted by molar-refractivity contribution is 0.0950. The van der Waals surface area contributed by atoms with Gasteiger partial charge in [-0.1, -0.05) is 37.1 Å². The van der Waals surface area contributed by atoms with E-state index in [9.17, 15) is 13.2 Å². The summed E-state index contributed by atoms with van der Waals surface area (Å²) in [5, 5.41) is 7.12. The summed E-state index contributed by atoms with van der Waals surface area (Å²) in [6.07, 6.45) is 7.35. The molecule has 0 unspecified atom stereocenters. The van der Waals surface area contributed by atoms with Gasteiger partial charge < -0.3 is 10.1 Å². The smallest absolute Gasteiger partial charge is 0.251 e. The van der Waals surface area contributed by atoms with E-state index in [1.54, 1.807) is 18.3 Å². The molecule has 2 aromatic carbocycles. The molecule has 1 aliphatic heterocycles. The first-order valence-electron chi connectivity index (χ1n) is 11.5. The normalized spacial score (nSPS) is 15.0. The predicted octanol–water partition coefficient (Wildman–Crippen LogP) is 3.43. The summed E-state index contributed by atoms with van der Waals surface area (Å²) < 4.78 is 35.4. The highest BCUT2D eigenvalue weighted by atomic mass is 32.2. The van der Waals surface area contributed by atoms with Crippen LogP contribution in [0.5, 0.6) is 5.75 Å². The fourth-order valence-corrected chi connectivity index (χ4v) is 5.84. The maximum Gasteiger partial charge on any atom is 0.251 e. The molecule has 4 rings (SSSR count). The molecule has 8 nitrogen and oxygen atoms in total. The van der Waals surface area contributed by atoms with Crippen LogP contribution in [0.3, 0.4) is 0 Å². The second-order valence-electron chi connectivity index (χ2n) is 8.39. The Bertz CT molecular complexity index is 1220. The zero-order valence-corrected chi connectivity index (χ0v) is 20.1. The van der Waals surface area contributed by atoms with E-state index in [1.165, 1.54) is 17.5 Å². The number of nitrogens with one attached hydrogen (secondary N) is 1. The van der Waals surface area contributed by atoms with E-state index >= 15 is 0 Å². The number of benzene rings is 2. The highest BCUT2D eigenvalue weighted by Gasteiger charge is 2.29. The van der Waals surface area contributed by atoms with Gasteiger partial charge in [-0.05, 0) is 48.2 Å². The molecule has 3 aromatic rings. The van der Waals surface area contributed by atoms with E-state index in [-0.39, 0.29) is 22.1 Å². The quantitative estimate of drug-likeness (QED) is 0.531. The molecule has 0 saturated carbocycles. The van der Waals surface area contributed by atoms with Gasteiger partial charge in [0.2, 0.25) is 10.0 Å². The van der Waals surface area contributed by atoms with Crippen LogP contribution in [-0.2, 0) is 23.1 Å². The summed E-state index contributed by atoms with van der Waals surface area (Å²) in [6.45, 7) is 1.94. The molecule has 1 fully saturated rings. The standard InChI is InChI=1S/C25H30N4O4S/c1-33-23-11-10-22(17-24(23)34(31,32)29-14-4-2-3-5-15-29)25(30)26-18-20-8-6-9-21(16-20)19-28-13-7-12-27-28/h6-13,16-17H,2-5,14-15,18-19H2,1H3,(H,26,30). The highest BCUT2D eigenvalue weighted by Crippen LogP contribution is 2.29. The van der Waals surface area contributed by atoms with E-state index in [2.05, 4.69) is 10.4 Å². The molecule has 0 atom stereocenters. The summed E-state index contributed by atoms with van der Waals surface area (Å²) in [7, 11) is -2.32. The predicted molar refractivity (Wildman–Crippen MR) is 129 cm³/mol. The SMILES string of the molecule is COc1ccc(C(=O)NCc2cccc(Cn3cccn3)c2)cc1S(=O)(=O)N1CCCCCC1. The topological polar surface area (TPSA) is 93.5 Å². The molecule has 1 aliphatic rings. The van der Waals surface area contributed by atoms with Crippen molar-refractivity contribution in [3.05, 3.63) is 77.6 Å². The molecule has 0 bridgehead atoms. The molecule has 2 heterocycles. The third-order valence-electron chi connectivity index (χ3n) is 5.96. The van der Waals surface area contributed by atoms with Crippen molar-refractivity contribution < 1.29 is 17.9 Å². The van der Waals surface area contributed by atoms with Gasteiger partial charge in [-0.3, -0.25) is 9.48 Å². The van der Waals surface area contributed by atoms with Crippen molar-refractivity contribution in [2.24, 2.45) is 0 Å². The van der Waals surface area contributed by atoms with E-state index in [0.29, 0.717) is 26.2 Å². The van der Waals surface area contributed by atoms with E-state index in [4.69, 9.17) is 4.74 Å². The number of sulfonamides is 1. The Kier molecular flexibility index (Phi) is 7.64. The Morgan fingerprint density at radius 2 is 1.79 bits per heavy atom. The number of methoxy groups -OCH3 is 1. The molecule has 1 amide bonds. The van der Waals surface area contributed by atoms with Crippen molar-refractivity contribution in [1.82, 2.24) is 19.4 Å². The maximum absolute atomic E-state index is 13.3. The lowest BCUT2D eigenvalue weighted by Gasteiger charge is -2.21. The summed E-state index contributed by atoms with van der Waals surface area (Å²) in [5.41, 5.74) is 2.30. The molecule has 1 aromatic heterocycles. The summed E-state index contributed by atoms with van der Waals surface area (Å²) >= 11 is 0. The monoisotopic (exact) mass is 482 g/mol. The van der Waals surface area contributed by atoms with Crippen LogP contribution >= 0.6 is 0 Å². The summed E-state index contributed by atoms with van der Waals surface area (Å²) in [4.78, 5) is 12.9. The minimum absolute atomic E-state index is 0.0331. The Morgan fingerprint density at radius 3 is 2.50 bits per heavy atom. The van der Waals surface area contributed by atoms with Gasteiger partial charge in [-0.25, -0.2) is 8.42 Å². The number of carbonyl (C=O) groups is 1. The van der Waals surface area contributed by atoms with E-state index in [0.717, 1.165) is 36.8 Å². The molecular weight excluding hydrogens is 452 g/mol. The number of hydrogen-bond donors (Lipinski definition) is 1. The number of hydrogen-bond acceptors (Lipinski definition) is 5. The largest absolute Gasteiger partial charge is 0.495 e. The lowest BCUT2D eigenvalue weighted by Crippen LogP contribution is -2.32. The first-order chi connectivity index (χ1) is 16.5. The molecule has 9 heteroatoms. The summed E-state index contributed by atoms with van der Waals surface area (Å²) in [5.74, 6) is -0.0976. The Morgan fingerprint density at radius 1 is 1.03 bits per heavy atom. The van der Waals surface area contributed by atoms with Crippen molar-refractivity contribution in [1.29, 1.82) is 0 Å².